The monoisotopic (exact) mass is 445 g/mol. The molecule has 8 heteroatoms. The average Bonchev–Trinajstić information content (AvgIpc) is 3.28. The van der Waals surface area contributed by atoms with Crippen molar-refractivity contribution in [1.29, 1.82) is 0 Å². The Morgan fingerprint density at radius 2 is 1.75 bits per heavy atom. The molecule has 1 aromatic carbocycles. The zero-order valence-corrected chi connectivity index (χ0v) is 19.1. The molecule has 1 saturated heterocycles. The molecule has 1 fully saturated rings. The molecule has 0 atom stereocenters. The van der Waals surface area contributed by atoms with Crippen molar-refractivity contribution < 1.29 is 0 Å². The molecule has 164 valence electrons. The van der Waals surface area contributed by atoms with Crippen LogP contribution in [-0.2, 0) is 0 Å². The van der Waals surface area contributed by atoms with Gasteiger partial charge in [0.15, 0.2) is 0 Å². The highest BCUT2D eigenvalue weighted by molar-refractivity contribution is 7.17. The SMILES string of the molecule is Cc1ccc(-c2csc3ncnc(NCCCN4CCN(c5ncccn5)CC4)c23)cc1. The van der Waals surface area contributed by atoms with Gasteiger partial charge in [0.1, 0.15) is 17.0 Å². The van der Waals surface area contributed by atoms with Gasteiger partial charge >= 0.3 is 0 Å². The van der Waals surface area contributed by atoms with E-state index in [1.165, 1.54) is 16.7 Å². The van der Waals surface area contributed by atoms with Gasteiger partial charge in [0.25, 0.3) is 0 Å². The van der Waals surface area contributed by atoms with Crippen LogP contribution >= 0.6 is 11.3 Å². The predicted molar refractivity (Wildman–Crippen MR) is 131 cm³/mol. The van der Waals surface area contributed by atoms with Crippen LogP contribution in [0.2, 0.25) is 0 Å². The number of hydrogen-bond donors (Lipinski definition) is 1. The number of rotatable bonds is 7. The molecule has 0 unspecified atom stereocenters. The second kappa shape index (κ2) is 9.58. The third kappa shape index (κ3) is 4.56. The molecule has 4 heterocycles. The van der Waals surface area contributed by atoms with Gasteiger partial charge in [-0.15, -0.1) is 11.3 Å². The third-order valence-corrected chi connectivity index (χ3v) is 6.77. The van der Waals surface area contributed by atoms with Crippen molar-refractivity contribution in [2.45, 2.75) is 13.3 Å². The number of benzene rings is 1. The third-order valence-electron chi connectivity index (χ3n) is 5.88. The van der Waals surface area contributed by atoms with Crippen molar-refractivity contribution in [3.8, 4) is 11.1 Å². The maximum atomic E-state index is 4.56. The molecule has 0 radical (unpaired) electrons. The van der Waals surface area contributed by atoms with E-state index >= 15 is 0 Å². The van der Waals surface area contributed by atoms with Crippen molar-refractivity contribution in [2.75, 3.05) is 49.5 Å². The topological polar surface area (TPSA) is 70.1 Å². The summed E-state index contributed by atoms with van der Waals surface area (Å²) in [5.41, 5.74) is 3.67. The van der Waals surface area contributed by atoms with Gasteiger partial charge in [-0.1, -0.05) is 29.8 Å². The van der Waals surface area contributed by atoms with Crippen molar-refractivity contribution in [3.63, 3.8) is 0 Å². The Hall–Kier alpha value is -3.10. The number of aromatic nitrogens is 4. The van der Waals surface area contributed by atoms with E-state index in [0.29, 0.717) is 0 Å². The molecule has 1 N–H and O–H groups in total. The average molecular weight is 446 g/mol. The van der Waals surface area contributed by atoms with Crippen molar-refractivity contribution in [3.05, 3.63) is 60.0 Å². The Morgan fingerprint density at radius 1 is 0.969 bits per heavy atom. The maximum absolute atomic E-state index is 4.56. The number of thiophene rings is 1. The molecular weight excluding hydrogens is 418 g/mol. The summed E-state index contributed by atoms with van der Waals surface area (Å²) in [4.78, 5) is 23.6. The van der Waals surface area contributed by atoms with E-state index in [0.717, 1.165) is 67.7 Å². The lowest BCUT2D eigenvalue weighted by atomic mass is 10.0. The number of piperazine rings is 1. The smallest absolute Gasteiger partial charge is 0.225 e. The van der Waals surface area contributed by atoms with Crippen LogP contribution in [0, 0.1) is 6.92 Å². The first-order chi connectivity index (χ1) is 15.8. The van der Waals surface area contributed by atoms with E-state index in [-0.39, 0.29) is 0 Å². The van der Waals surface area contributed by atoms with Crippen LogP contribution in [0.1, 0.15) is 12.0 Å². The van der Waals surface area contributed by atoms with Crippen molar-refractivity contribution in [2.24, 2.45) is 0 Å². The fourth-order valence-electron chi connectivity index (χ4n) is 4.09. The van der Waals surface area contributed by atoms with E-state index in [4.69, 9.17) is 0 Å². The van der Waals surface area contributed by atoms with E-state index in [2.05, 4.69) is 71.6 Å². The number of hydrogen-bond acceptors (Lipinski definition) is 8. The molecule has 0 saturated carbocycles. The van der Waals surface area contributed by atoms with Crippen LogP contribution in [-0.4, -0.2) is 64.1 Å². The van der Waals surface area contributed by atoms with E-state index in [1.54, 1.807) is 17.7 Å². The van der Waals surface area contributed by atoms with Gasteiger partial charge in [-0.2, -0.15) is 0 Å². The van der Waals surface area contributed by atoms with Crippen LogP contribution in [0.25, 0.3) is 21.3 Å². The molecular formula is C24H27N7S. The summed E-state index contributed by atoms with van der Waals surface area (Å²) in [6.07, 6.45) is 6.34. The first-order valence-electron chi connectivity index (χ1n) is 11.1. The summed E-state index contributed by atoms with van der Waals surface area (Å²) in [7, 11) is 0. The molecule has 1 aliphatic heterocycles. The number of fused-ring (bicyclic) bond motifs is 1. The minimum atomic E-state index is 0.835. The number of aryl methyl sites for hydroxylation is 1. The molecule has 0 spiro atoms. The van der Waals surface area contributed by atoms with Crippen molar-refractivity contribution >= 4 is 33.3 Å². The first-order valence-corrected chi connectivity index (χ1v) is 11.9. The van der Waals surface area contributed by atoms with Crippen LogP contribution in [0.15, 0.2) is 54.4 Å². The molecule has 4 aromatic rings. The Balaban J connectivity index is 1.17. The minimum Gasteiger partial charge on any atom is -0.369 e. The fourth-order valence-corrected chi connectivity index (χ4v) is 5.01. The second-order valence-electron chi connectivity index (χ2n) is 8.08. The number of anilines is 2. The van der Waals surface area contributed by atoms with Gasteiger partial charge in [0.05, 0.1) is 5.39 Å². The quantitative estimate of drug-likeness (QED) is 0.430. The highest BCUT2D eigenvalue weighted by Crippen LogP contribution is 2.36. The van der Waals surface area contributed by atoms with E-state index in [1.807, 2.05) is 18.5 Å². The molecule has 0 amide bonds. The zero-order chi connectivity index (χ0) is 21.8. The Bertz CT molecular complexity index is 1150. The Labute approximate surface area is 192 Å². The molecule has 1 aliphatic rings. The molecule has 3 aromatic heterocycles. The minimum absolute atomic E-state index is 0.835. The molecule has 5 rings (SSSR count). The van der Waals surface area contributed by atoms with Gasteiger partial charge < -0.3 is 10.2 Å². The fraction of sp³-hybridized carbons (Fsp3) is 0.333. The number of nitrogens with one attached hydrogen (secondary N) is 1. The van der Waals surface area contributed by atoms with E-state index < -0.39 is 0 Å². The lowest BCUT2D eigenvalue weighted by Gasteiger charge is -2.34. The molecule has 0 bridgehead atoms. The van der Waals surface area contributed by atoms with Crippen LogP contribution < -0.4 is 10.2 Å². The standard InChI is InChI=1S/C24H27N7S/c1-18-4-6-19(7-5-18)20-16-32-23-21(20)22(28-17-29-23)25-10-3-11-30-12-14-31(15-13-30)24-26-8-2-9-27-24/h2,4-9,16-17H,3,10-15H2,1H3,(H,25,28,29). The normalized spacial score (nSPS) is 14.7. The predicted octanol–water partition coefficient (Wildman–Crippen LogP) is 4.08. The largest absolute Gasteiger partial charge is 0.369 e. The van der Waals surface area contributed by atoms with Gasteiger partial charge in [0, 0.05) is 56.1 Å². The van der Waals surface area contributed by atoms with Gasteiger partial charge in [0.2, 0.25) is 5.95 Å². The summed E-state index contributed by atoms with van der Waals surface area (Å²) < 4.78 is 0. The van der Waals surface area contributed by atoms with E-state index in [9.17, 15) is 0 Å². The lowest BCUT2D eigenvalue weighted by Crippen LogP contribution is -2.47. The second-order valence-corrected chi connectivity index (χ2v) is 8.93. The van der Waals surface area contributed by atoms with Gasteiger partial charge in [-0.05, 0) is 31.5 Å². The summed E-state index contributed by atoms with van der Waals surface area (Å²) >= 11 is 1.67. The zero-order valence-electron chi connectivity index (χ0n) is 18.2. The first kappa shape index (κ1) is 20.8. The summed E-state index contributed by atoms with van der Waals surface area (Å²) in [5, 5.41) is 6.88. The number of nitrogens with zero attached hydrogens (tertiary/aromatic N) is 6. The maximum Gasteiger partial charge on any atom is 0.225 e. The van der Waals surface area contributed by atoms with Gasteiger partial charge in [-0.25, -0.2) is 19.9 Å². The molecule has 32 heavy (non-hydrogen) atoms. The van der Waals surface area contributed by atoms with Crippen LogP contribution in [0.3, 0.4) is 0 Å². The van der Waals surface area contributed by atoms with Gasteiger partial charge in [-0.3, -0.25) is 4.90 Å². The Morgan fingerprint density at radius 3 is 2.53 bits per heavy atom. The summed E-state index contributed by atoms with van der Waals surface area (Å²) in [6.45, 7) is 8.09. The van der Waals surface area contributed by atoms with Crippen LogP contribution in [0.5, 0.6) is 0 Å². The highest BCUT2D eigenvalue weighted by Gasteiger charge is 2.18. The Kier molecular flexibility index (Phi) is 6.22. The lowest BCUT2D eigenvalue weighted by molar-refractivity contribution is 0.256. The van der Waals surface area contributed by atoms with Crippen molar-refractivity contribution in [1.82, 2.24) is 24.8 Å². The van der Waals surface area contributed by atoms with Crippen LogP contribution in [0.4, 0.5) is 11.8 Å². The summed E-state index contributed by atoms with van der Waals surface area (Å²) in [6, 6.07) is 10.5. The molecule has 7 nitrogen and oxygen atoms in total. The summed E-state index contributed by atoms with van der Waals surface area (Å²) in [5.74, 6) is 1.76. The highest BCUT2D eigenvalue weighted by atomic mass is 32.1. The molecule has 0 aliphatic carbocycles.